The summed E-state index contributed by atoms with van der Waals surface area (Å²) in [5, 5.41) is 2.39. The third-order valence-electron chi connectivity index (χ3n) is 3.17. The van der Waals surface area contributed by atoms with Gasteiger partial charge in [0.25, 0.3) is 0 Å². The van der Waals surface area contributed by atoms with Gasteiger partial charge in [-0.2, -0.15) is 0 Å². The van der Waals surface area contributed by atoms with Gasteiger partial charge < -0.3 is 14.8 Å². The van der Waals surface area contributed by atoms with Crippen molar-refractivity contribution >= 4 is 23.7 Å². The first kappa shape index (κ1) is 15.8. The quantitative estimate of drug-likeness (QED) is 0.662. The number of hydrogen-bond acceptors (Lipinski definition) is 5. The molecule has 1 N–H and O–H groups in total. The molecule has 1 aliphatic heterocycles. The predicted molar refractivity (Wildman–Crippen MR) is 78.4 cm³/mol. The van der Waals surface area contributed by atoms with E-state index in [9.17, 15) is 14.4 Å². The number of amides is 2. The van der Waals surface area contributed by atoms with Gasteiger partial charge in [0, 0.05) is 5.69 Å². The largest absolute Gasteiger partial charge is 0.459 e. The van der Waals surface area contributed by atoms with Gasteiger partial charge in [-0.1, -0.05) is 17.7 Å². The van der Waals surface area contributed by atoms with E-state index in [1.807, 2.05) is 31.2 Å². The Morgan fingerprint density at radius 2 is 2.05 bits per heavy atom. The van der Waals surface area contributed by atoms with Gasteiger partial charge in [-0.25, -0.2) is 9.59 Å². The maximum Gasteiger partial charge on any atom is 0.414 e. The van der Waals surface area contributed by atoms with Gasteiger partial charge in [0.1, 0.15) is 6.10 Å². The monoisotopic (exact) mass is 306 g/mol. The molecule has 0 aromatic heterocycles. The molecule has 7 nitrogen and oxygen atoms in total. The Morgan fingerprint density at radius 1 is 1.36 bits per heavy atom. The van der Waals surface area contributed by atoms with Crippen molar-refractivity contribution in [3.8, 4) is 0 Å². The normalized spacial score (nSPS) is 17.1. The summed E-state index contributed by atoms with van der Waals surface area (Å²) in [7, 11) is 0. The second kappa shape index (κ2) is 6.93. The van der Waals surface area contributed by atoms with Crippen LogP contribution in [0.25, 0.3) is 0 Å². The molecule has 0 spiro atoms. The Labute approximate surface area is 128 Å². The molecule has 1 heterocycles. The number of carbonyl (C=O) groups excluding carboxylic acids is 3. The zero-order valence-corrected chi connectivity index (χ0v) is 12.5. The molecule has 0 aliphatic carbocycles. The average molecular weight is 306 g/mol. The second-order valence-corrected chi connectivity index (χ2v) is 4.88. The van der Waals surface area contributed by atoms with Crippen LogP contribution in [0, 0.1) is 6.92 Å². The van der Waals surface area contributed by atoms with Crippen LogP contribution in [0.15, 0.2) is 24.3 Å². The van der Waals surface area contributed by atoms with Crippen LogP contribution >= 0.6 is 0 Å². The molecule has 1 unspecified atom stereocenters. The van der Waals surface area contributed by atoms with Crippen LogP contribution in [0.4, 0.5) is 10.5 Å². The molecule has 1 atom stereocenters. The van der Waals surface area contributed by atoms with Crippen molar-refractivity contribution in [2.24, 2.45) is 0 Å². The molecule has 1 aromatic rings. The summed E-state index contributed by atoms with van der Waals surface area (Å²) in [6, 6.07) is 7.46. The second-order valence-electron chi connectivity index (χ2n) is 4.88. The Morgan fingerprint density at radius 3 is 2.68 bits per heavy atom. The van der Waals surface area contributed by atoms with Crippen molar-refractivity contribution in [1.29, 1.82) is 0 Å². The van der Waals surface area contributed by atoms with E-state index in [0.29, 0.717) is 6.54 Å². The number of carbonyl (C=O) groups is 3. The lowest BCUT2D eigenvalue weighted by Gasteiger charge is -2.13. The molecular weight excluding hydrogens is 288 g/mol. The molecule has 1 aromatic carbocycles. The smallest absolute Gasteiger partial charge is 0.414 e. The number of nitrogens with one attached hydrogen (secondary N) is 1. The number of ether oxygens (including phenoxy) is 2. The summed E-state index contributed by atoms with van der Waals surface area (Å²) >= 11 is 0. The van der Waals surface area contributed by atoms with Gasteiger partial charge >= 0.3 is 18.0 Å². The summed E-state index contributed by atoms with van der Waals surface area (Å²) in [4.78, 5) is 35.9. The summed E-state index contributed by atoms with van der Waals surface area (Å²) in [6.45, 7) is 4.08. The van der Waals surface area contributed by atoms with Crippen LogP contribution in [0.2, 0.25) is 0 Å². The van der Waals surface area contributed by atoms with E-state index in [1.54, 1.807) is 6.92 Å². The number of rotatable bonds is 4. The SMILES string of the molecule is CCOC(=O)C(=O)NCC1CN(c2ccc(C)cc2)C(=O)O1. The minimum absolute atomic E-state index is 0.0613. The highest BCUT2D eigenvalue weighted by molar-refractivity contribution is 6.32. The lowest BCUT2D eigenvalue weighted by Crippen LogP contribution is -2.39. The number of aryl methyl sites for hydroxylation is 1. The zero-order valence-electron chi connectivity index (χ0n) is 12.5. The summed E-state index contributed by atoms with van der Waals surface area (Å²) < 4.78 is 9.74. The fourth-order valence-corrected chi connectivity index (χ4v) is 2.04. The van der Waals surface area contributed by atoms with Gasteiger partial charge in [0.2, 0.25) is 0 Å². The van der Waals surface area contributed by atoms with Crippen LogP contribution in [-0.4, -0.2) is 43.8 Å². The van der Waals surface area contributed by atoms with Gasteiger partial charge in [0.15, 0.2) is 0 Å². The van der Waals surface area contributed by atoms with Crippen molar-refractivity contribution in [1.82, 2.24) is 5.32 Å². The Balaban J connectivity index is 1.88. The highest BCUT2D eigenvalue weighted by Gasteiger charge is 2.32. The lowest BCUT2D eigenvalue weighted by molar-refractivity contribution is -0.154. The molecule has 118 valence electrons. The zero-order chi connectivity index (χ0) is 16.1. The molecule has 1 fully saturated rings. The third kappa shape index (κ3) is 3.75. The summed E-state index contributed by atoms with van der Waals surface area (Å²) in [5.74, 6) is -1.78. The van der Waals surface area contributed by atoms with E-state index in [1.165, 1.54) is 4.90 Å². The maximum atomic E-state index is 11.9. The number of benzene rings is 1. The van der Waals surface area contributed by atoms with E-state index >= 15 is 0 Å². The molecule has 0 saturated carbocycles. The minimum atomic E-state index is -0.942. The first-order valence-corrected chi connectivity index (χ1v) is 7.01. The third-order valence-corrected chi connectivity index (χ3v) is 3.17. The van der Waals surface area contributed by atoms with Crippen LogP contribution in [0.5, 0.6) is 0 Å². The number of cyclic esters (lactones) is 1. The van der Waals surface area contributed by atoms with Crippen molar-refractivity contribution in [2.45, 2.75) is 20.0 Å². The standard InChI is InChI=1S/C15H18N2O5/c1-3-21-14(19)13(18)16-8-12-9-17(15(20)22-12)11-6-4-10(2)5-7-11/h4-7,12H,3,8-9H2,1-2H3,(H,16,18). The molecule has 0 radical (unpaired) electrons. The molecule has 2 rings (SSSR count). The Hall–Kier alpha value is -2.57. The van der Waals surface area contributed by atoms with Gasteiger partial charge in [0.05, 0.1) is 19.7 Å². The fourth-order valence-electron chi connectivity index (χ4n) is 2.04. The first-order chi connectivity index (χ1) is 10.5. The Kier molecular flexibility index (Phi) is 4.98. The number of nitrogens with zero attached hydrogens (tertiary/aromatic N) is 1. The average Bonchev–Trinajstić information content (AvgIpc) is 2.87. The number of hydrogen-bond donors (Lipinski definition) is 1. The molecule has 7 heteroatoms. The van der Waals surface area contributed by atoms with Crippen molar-refractivity contribution in [2.75, 3.05) is 24.6 Å². The highest BCUT2D eigenvalue weighted by atomic mass is 16.6. The van der Waals surface area contributed by atoms with E-state index in [4.69, 9.17) is 4.74 Å². The minimum Gasteiger partial charge on any atom is -0.459 e. The predicted octanol–water partition coefficient (Wildman–Crippen LogP) is 1.000. The van der Waals surface area contributed by atoms with Crippen molar-refractivity contribution in [3.63, 3.8) is 0 Å². The van der Waals surface area contributed by atoms with Gasteiger partial charge in [-0.05, 0) is 26.0 Å². The lowest BCUT2D eigenvalue weighted by atomic mass is 10.2. The van der Waals surface area contributed by atoms with Crippen LogP contribution < -0.4 is 10.2 Å². The van der Waals surface area contributed by atoms with E-state index in [0.717, 1.165) is 11.3 Å². The van der Waals surface area contributed by atoms with Gasteiger partial charge in [-0.3, -0.25) is 9.69 Å². The van der Waals surface area contributed by atoms with Crippen LogP contribution in [0.1, 0.15) is 12.5 Å². The summed E-state index contributed by atoms with van der Waals surface area (Å²) in [5.41, 5.74) is 1.82. The highest BCUT2D eigenvalue weighted by Crippen LogP contribution is 2.21. The maximum absolute atomic E-state index is 11.9. The molecule has 2 amide bonds. The molecule has 22 heavy (non-hydrogen) atoms. The fraction of sp³-hybridized carbons (Fsp3) is 0.400. The molecule has 0 bridgehead atoms. The molecule has 1 saturated heterocycles. The topological polar surface area (TPSA) is 84.9 Å². The number of esters is 1. The summed E-state index contributed by atoms with van der Waals surface area (Å²) in [6.07, 6.45) is -0.980. The van der Waals surface area contributed by atoms with Crippen LogP contribution in [0.3, 0.4) is 0 Å². The van der Waals surface area contributed by atoms with Crippen molar-refractivity contribution < 1.29 is 23.9 Å². The van der Waals surface area contributed by atoms with E-state index < -0.39 is 24.1 Å². The molecular formula is C15H18N2O5. The molecule has 1 aliphatic rings. The Bertz CT molecular complexity index is 570. The first-order valence-electron chi connectivity index (χ1n) is 7.01. The van der Waals surface area contributed by atoms with Crippen molar-refractivity contribution in [3.05, 3.63) is 29.8 Å². The number of anilines is 1. The van der Waals surface area contributed by atoms with Crippen LogP contribution in [-0.2, 0) is 19.1 Å². The van der Waals surface area contributed by atoms with E-state index in [-0.39, 0.29) is 13.2 Å². The van der Waals surface area contributed by atoms with E-state index in [2.05, 4.69) is 10.1 Å². The van der Waals surface area contributed by atoms with Gasteiger partial charge in [-0.15, -0.1) is 0 Å².